The van der Waals surface area contributed by atoms with Crippen molar-refractivity contribution in [2.75, 3.05) is 27.3 Å². The van der Waals surface area contributed by atoms with Crippen LogP contribution in [-0.4, -0.2) is 56.4 Å². The van der Waals surface area contributed by atoms with E-state index in [1.807, 2.05) is 6.92 Å². The van der Waals surface area contributed by atoms with E-state index in [-0.39, 0.29) is 12.6 Å². The summed E-state index contributed by atoms with van der Waals surface area (Å²) in [6.07, 6.45) is 3.43. The Kier molecular flexibility index (Phi) is 6.80. The highest BCUT2D eigenvalue weighted by Gasteiger charge is 2.29. The minimum atomic E-state index is -0.584. The van der Waals surface area contributed by atoms with E-state index in [1.165, 1.54) is 14.2 Å². The molecule has 1 unspecified atom stereocenters. The van der Waals surface area contributed by atoms with Crippen molar-refractivity contribution in [1.82, 2.24) is 10.2 Å². The average molecular weight is 272 g/mol. The second-order valence-corrected chi connectivity index (χ2v) is 4.67. The lowest BCUT2D eigenvalue weighted by molar-refractivity contribution is -0.150. The number of rotatable bonds is 5. The van der Waals surface area contributed by atoms with Gasteiger partial charge in [-0.15, -0.1) is 0 Å². The molecule has 1 aliphatic rings. The Hall–Kier alpha value is -1.14. The topological polar surface area (TPSA) is 67.9 Å². The van der Waals surface area contributed by atoms with E-state index in [4.69, 9.17) is 9.47 Å². The molecule has 19 heavy (non-hydrogen) atoms. The van der Waals surface area contributed by atoms with Crippen molar-refractivity contribution < 1.29 is 19.1 Å². The number of carbonyl (C=O) groups is 2. The van der Waals surface area contributed by atoms with Crippen LogP contribution >= 0.6 is 0 Å². The molecule has 0 spiro atoms. The second kappa shape index (κ2) is 8.12. The van der Waals surface area contributed by atoms with E-state index in [2.05, 4.69) is 5.32 Å². The number of methoxy groups -OCH3 is 2. The molecule has 110 valence electrons. The molecule has 0 saturated carbocycles. The molecular weight excluding hydrogens is 248 g/mol. The minimum absolute atomic E-state index is 0.169. The summed E-state index contributed by atoms with van der Waals surface area (Å²) in [6, 6.07) is 0.188. The van der Waals surface area contributed by atoms with Gasteiger partial charge in [0.1, 0.15) is 0 Å². The van der Waals surface area contributed by atoms with Gasteiger partial charge in [-0.25, -0.2) is 0 Å². The van der Waals surface area contributed by atoms with E-state index >= 15 is 0 Å². The van der Waals surface area contributed by atoms with Crippen molar-refractivity contribution in [2.45, 2.75) is 44.9 Å². The zero-order valence-electron chi connectivity index (χ0n) is 12.0. The van der Waals surface area contributed by atoms with Crippen molar-refractivity contribution >= 4 is 11.8 Å². The van der Waals surface area contributed by atoms with Gasteiger partial charge in [-0.1, -0.05) is 6.92 Å². The fourth-order valence-corrected chi connectivity index (χ4v) is 2.34. The van der Waals surface area contributed by atoms with Crippen molar-refractivity contribution in [1.29, 1.82) is 0 Å². The maximum atomic E-state index is 12.1. The van der Waals surface area contributed by atoms with Gasteiger partial charge in [0.2, 0.25) is 0 Å². The number of hydrogen-bond donors (Lipinski definition) is 1. The Bertz CT molecular complexity index is 305. The Morgan fingerprint density at radius 2 is 2.00 bits per heavy atom. The highest BCUT2D eigenvalue weighted by atomic mass is 16.7. The van der Waals surface area contributed by atoms with Crippen LogP contribution in [0.2, 0.25) is 0 Å². The third-order valence-corrected chi connectivity index (χ3v) is 3.51. The average Bonchev–Trinajstić information content (AvgIpc) is 2.47. The fourth-order valence-electron chi connectivity index (χ4n) is 2.34. The van der Waals surface area contributed by atoms with E-state index in [0.29, 0.717) is 6.54 Å². The Balaban J connectivity index is 2.48. The molecule has 0 aromatic rings. The van der Waals surface area contributed by atoms with Crippen LogP contribution in [0.4, 0.5) is 0 Å². The maximum Gasteiger partial charge on any atom is 0.312 e. The first-order valence-corrected chi connectivity index (χ1v) is 6.78. The van der Waals surface area contributed by atoms with Gasteiger partial charge in [0.05, 0.1) is 6.54 Å². The number of nitrogens with zero attached hydrogens (tertiary/aromatic N) is 1. The molecule has 1 atom stereocenters. The number of nitrogens with one attached hydrogen (secondary N) is 1. The lowest BCUT2D eigenvalue weighted by atomic mass is 10.00. The van der Waals surface area contributed by atoms with Crippen LogP contribution in [0.15, 0.2) is 0 Å². The predicted molar refractivity (Wildman–Crippen MR) is 70.5 cm³/mol. The quantitative estimate of drug-likeness (QED) is 0.585. The fraction of sp³-hybridized carbons (Fsp3) is 0.846. The Morgan fingerprint density at radius 1 is 1.32 bits per heavy atom. The van der Waals surface area contributed by atoms with E-state index < -0.39 is 18.1 Å². The van der Waals surface area contributed by atoms with E-state index in [9.17, 15) is 9.59 Å². The SMILES string of the molecule is CCC1CCCCN1C(=O)C(=O)NCC(OC)OC. The molecule has 6 heteroatoms. The molecule has 0 aliphatic carbocycles. The standard InChI is InChI=1S/C13H24N2O4/c1-4-10-7-5-6-8-15(10)13(17)12(16)14-9-11(18-2)19-3/h10-11H,4-9H2,1-3H3,(H,14,16). The third-order valence-electron chi connectivity index (χ3n) is 3.51. The smallest absolute Gasteiger partial charge is 0.312 e. The number of amides is 2. The lowest BCUT2D eigenvalue weighted by Crippen LogP contribution is -2.51. The van der Waals surface area contributed by atoms with Crippen LogP contribution in [0.5, 0.6) is 0 Å². The molecule has 0 bridgehead atoms. The van der Waals surface area contributed by atoms with Crippen LogP contribution in [0.1, 0.15) is 32.6 Å². The number of piperidine rings is 1. The molecule has 2 amide bonds. The largest absolute Gasteiger partial charge is 0.354 e. The van der Waals surface area contributed by atoms with Gasteiger partial charge in [0.25, 0.3) is 0 Å². The minimum Gasteiger partial charge on any atom is -0.354 e. The molecule has 0 radical (unpaired) electrons. The Morgan fingerprint density at radius 3 is 2.58 bits per heavy atom. The molecule has 1 rings (SSSR count). The normalized spacial score (nSPS) is 19.6. The molecule has 1 aliphatic heterocycles. The number of carbonyl (C=O) groups excluding carboxylic acids is 2. The predicted octanol–water partition coefficient (Wildman–Crippen LogP) is 0.513. The molecule has 1 N–H and O–H groups in total. The summed E-state index contributed by atoms with van der Waals surface area (Å²) in [5.74, 6) is -1.03. The number of ether oxygens (including phenoxy) is 2. The third kappa shape index (κ3) is 4.47. The van der Waals surface area contributed by atoms with Crippen LogP contribution in [0.25, 0.3) is 0 Å². The summed E-state index contributed by atoms with van der Waals surface area (Å²) in [5.41, 5.74) is 0. The van der Waals surface area contributed by atoms with Crippen LogP contribution in [-0.2, 0) is 19.1 Å². The van der Waals surface area contributed by atoms with Gasteiger partial charge in [-0.2, -0.15) is 0 Å². The van der Waals surface area contributed by atoms with Crippen molar-refractivity contribution in [2.24, 2.45) is 0 Å². The van der Waals surface area contributed by atoms with Gasteiger partial charge in [0.15, 0.2) is 6.29 Å². The molecule has 1 fully saturated rings. The summed E-state index contributed by atoms with van der Waals surface area (Å²) in [4.78, 5) is 25.6. The molecule has 0 aromatic carbocycles. The summed E-state index contributed by atoms with van der Waals surface area (Å²) in [5, 5.41) is 2.55. The molecule has 0 aromatic heterocycles. The van der Waals surface area contributed by atoms with Gasteiger partial charge in [-0.05, 0) is 25.7 Å². The molecule has 6 nitrogen and oxygen atoms in total. The summed E-state index contributed by atoms with van der Waals surface area (Å²) in [7, 11) is 2.97. The first-order valence-electron chi connectivity index (χ1n) is 6.78. The molecule has 1 saturated heterocycles. The first-order chi connectivity index (χ1) is 9.13. The zero-order chi connectivity index (χ0) is 14.3. The summed E-state index contributed by atoms with van der Waals surface area (Å²) in [6.45, 7) is 2.88. The van der Waals surface area contributed by atoms with Crippen LogP contribution in [0, 0.1) is 0 Å². The van der Waals surface area contributed by atoms with Crippen LogP contribution < -0.4 is 5.32 Å². The van der Waals surface area contributed by atoms with E-state index in [0.717, 1.165) is 25.7 Å². The van der Waals surface area contributed by atoms with Crippen molar-refractivity contribution in [3.8, 4) is 0 Å². The number of hydrogen-bond acceptors (Lipinski definition) is 4. The second-order valence-electron chi connectivity index (χ2n) is 4.67. The van der Waals surface area contributed by atoms with Gasteiger partial charge < -0.3 is 19.7 Å². The van der Waals surface area contributed by atoms with Gasteiger partial charge in [-0.3, -0.25) is 9.59 Å². The molecule has 1 heterocycles. The van der Waals surface area contributed by atoms with E-state index in [1.54, 1.807) is 4.90 Å². The highest BCUT2D eigenvalue weighted by Crippen LogP contribution is 2.19. The monoisotopic (exact) mass is 272 g/mol. The van der Waals surface area contributed by atoms with Crippen molar-refractivity contribution in [3.63, 3.8) is 0 Å². The van der Waals surface area contributed by atoms with Gasteiger partial charge in [0, 0.05) is 26.8 Å². The first kappa shape index (κ1) is 15.9. The Labute approximate surface area is 114 Å². The maximum absolute atomic E-state index is 12.1. The van der Waals surface area contributed by atoms with Gasteiger partial charge >= 0.3 is 11.8 Å². The summed E-state index contributed by atoms with van der Waals surface area (Å²) < 4.78 is 9.91. The zero-order valence-corrected chi connectivity index (χ0v) is 12.0. The van der Waals surface area contributed by atoms with Crippen LogP contribution in [0.3, 0.4) is 0 Å². The van der Waals surface area contributed by atoms with Crippen molar-refractivity contribution in [3.05, 3.63) is 0 Å². The lowest BCUT2D eigenvalue weighted by Gasteiger charge is -2.34. The molecular formula is C13H24N2O4. The highest BCUT2D eigenvalue weighted by molar-refractivity contribution is 6.35. The summed E-state index contributed by atoms with van der Waals surface area (Å²) >= 11 is 0. The number of likely N-dealkylation sites (tertiary alicyclic amines) is 1.